The Kier molecular flexibility index (Phi) is 6.29. The number of ether oxygens (including phenoxy) is 2. The quantitative estimate of drug-likeness (QED) is 0.572. The molecule has 2 aromatic heterocycles. The number of carbonyl (C=O) groups is 1. The summed E-state index contributed by atoms with van der Waals surface area (Å²) in [5, 5.41) is 4.20. The Balaban J connectivity index is 1.33. The topological polar surface area (TPSA) is 98.5 Å². The van der Waals surface area contributed by atoms with Crippen LogP contribution in [0.25, 0.3) is 5.82 Å². The largest absolute Gasteiger partial charge is 0.454 e. The van der Waals surface area contributed by atoms with Crippen molar-refractivity contribution in [1.29, 1.82) is 0 Å². The fraction of sp³-hybridized carbons (Fsp3) is 0.458. The van der Waals surface area contributed by atoms with E-state index in [0.29, 0.717) is 24.7 Å². The molecule has 0 spiro atoms. The predicted molar refractivity (Wildman–Crippen MR) is 124 cm³/mol. The molecule has 1 aromatic carbocycles. The summed E-state index contributed by atoms with van der Waals surface area (Å²) in [6.45, 7) is 3.44. The maximum atomic E-state index is 13.6. The zero-order chi connectivity index (χ0) is 23.5. The van der Waals surface area contributed by atoms with Crippen LogP contribution >= 0.6 is 0 Å². The van der Waals surface area contributed by atoms with Gasteiger partial charge >= 0.3 is 6.03 Å². The van der Waals surface area contributed by atoms with Crippen molar-refractivity contribution >= 4 is 6.03 Å². The fourth-order valence-corrected chi connectivity index (χ4v) is 4.54. The molecule has 0 saturated carbocycles. The van der Waals surface area contributed by atoms with Crippen LogP contribution in [-0.2, 0) is 6.42 Å². The number of hydrogen-bond donors (Lipinski definition) is 0. The molecule has 1 saturated heterocycles. The van der Waals surface area contributed by atoms with Gasteiger partial charge in [-0.1, -0.05) is 18.9 Å². The zero-order valence-corrected chi connectivity index (χ0v) is 19.6. The first-order valence-corrected chi connectivity index (χ1v) is 11.7. The van der Waals surface area contributed by atoms with Crippen molar-refractivity contribution in [3.8, 4) is 17.3 Å². The van der Waals surface area contributed by atoms with E-state index < -0.39 is 0 Å². The minimum Gasteiger partial charge on any atom is -0.454 e. The van der Waals surface area contributed by atoms with Crippen LogP contribution in [0.15, 0.2) is 36.9 Å². The Morgan fingerprint density at radius 2 is 2.03 bits per heavy atom. The number of benzene rings is 1. The van der Waals surface area contributed by atoms with Gasteiger partial charge in [-0.05, 0) is 43.9 Å². The first kappa shape index (κ1) is 22.1. The van der Waals surface area contributed by atoms with Crippen LogP contribution in [0.2, 0.25) is 0 Å². The molecule has 1 fully saturated rings. The minimum absolute atomic E-state index is 0.0196. The smallest absolute Gasteiger partial charge is 0.320 e. The van der Waals surface area contributed by atoms with Gasteiger partial charge in [-0.25, -0.2) is 24.4 Å². The molecule has 5 rings (SSSR count). The van der Waals surface area contributed by atoms with E-state index in [1.807, 2.05) is 43.1 Å². The Labute approximate surface area is 198 Å². The van der Waals surface area contributed by atoms with E-state index >= 15 is 0 Å². The van der Waals surface area contributed by atoms with E-state index in [2.05, 4.69) is 15.1 Å². The first-order chi connectivity index (χ1) is 16.6. The molecule has 0 radical (unpaired) electrons. The van der Waals surface area contributed by atoms with E-state index in [1.165, 1.54) is 6.33 Å². The molecule has 0 aliphatic carbocycles. The molecular formula is C24H29N7O3. The van der Waals surface area contributed by atoms with Crippen LogP contribution in [0.1, 0.15) is 48.8 Å². The van der Waals surface area contributed by atoms with Gasteiger partial charge < -0.3 is 19.3 Å². The van der Waals surface area contributed by atoms with Crippen molar-refractivity contribution in [3.05, 3.63) is 54.0 Å². The van der Waals surface area contributed by atoms with Gasteiger partial charge in [0.15, 0.2) is 17.3 Å². The fourth-order valence-electron chi connectivity index (χ4n) is 4.54. The summed E-state index contributed by atoms with van der Waals surface area (Å²) in [6.07, 6.45) is 7.84. The Bertz CT molecular complexity index is 1150. The summed E-state index contributed by atoms with van der Waals surface area (Å²) in [5.41, 5.74) is 1.96. The third kappa shape index (κ3) is 4.66. The van der Waals surface area contributed by atoms with Gasteiger partial charge in [-0.2, -0.15) is 5.10 Å². The number of likely N-dealkylation sites (tertiary alicyclic amines) is 1. The van der Waals surface area contributed by atoms with Crippen LogP contribution < -0.4 is 9.47 Å². The molecule has 10 nitrogen and oxygen atoms in total. The highest BCUT2D eigenvalue weighted by Crippen LogP contribution is 2.33. The number of urea groups is 1. The van der Waals surface area contributed by atoms with E-state index in [1.54, 1.807) is 15.9 Å². The summed E-state index contributed by atoms with van der Waals surface area (Å²) in [6, 6.07) is 7.78. The molecule has 10 heteroatoms. The van der Waals surface area contributed by atoms with Gasteiger partial charge in [0, 0.05) is 26.2 Å². The van der Waals surface area contributed by atoms with Gasteiger partial charge in [0.25, 0.3) is 0 Å². The molecule has 2 aliphatic rings. The number of rotatable bonds is 5. The molecule has 4 heterocycles. The van der Waals surface area contributed by atoms with Crippen molar-refractivity contribution in [2.45, 2.75) is 45.1 Å². The Morgan fingerprint density at radius 1 is 1.15 bits per heavy atom. The average molecular weight is 464 g/mol. The second-order valence-electron chi connectivity index (χ2n) is 8.74. The predicted octanol–water partition coefficient (Wildman–Crippen LogP) is 3.31. The van der Waals surface area contributed by atoms with Crippen molar-refractivity contribution in [2.24, 2.45) is 0 Å². The maximum Gasteiger partial charge on any atom is 0.320 e. The van der Waals surface area contributed by atoms with Gasteiger partial charge in [-0.15, -0.1) is 0 Å². The van der Waals surface area contributed by atoms with Gasteiger partial charge in [0.1, 0.15) is 18.5 Å². The van der Waals surface area contributed by atoms with Crippen molar-refractivity contribution in [1.82, 2.24) is 34.5 Å². The monoisotopic (exact) mass is 463 g/mol. The highest BCUT2D eigenvalue weighted by atomic mass is 16.7. The number of likely N-dealkylation sites (N-methyl/N-ethyl adjacent to an activating group) is 1. The zero-order valence-electron chi connectivity index (χ0n) is 19.6. The first-order valence-electron chi connectivity index (χ1n) is 11.7. The van der Waals surface area contributed by atoms with Gasteiger partial charge in [-0.3, -0.25) is 0 Å². The van der Waals surface area contributed by atoms with Crippen LogP contribution in [0, 0.1) is 6.92 Å². The molecule has 3 aromatic rings. The average Bonchev–Trinajstić information content (AvgIpc) is 3.49. The van der Waals surface area contributed by atoms with Crippen LogP contribution in [0.5, 0.6) is 11.5 Å². The number of hydrogen-bond acceptors (Lipinski definition) is 7. The molecule has 2 aliphatic heterocycles. The van der Waals surface area contributed by atoms with Crippen molar-refractivity contribution in [3.63, 3.8) is 0 Å². The summed E-state index contributed by atoms with van der Waals surface area (Å²) < 4.78 is 12.5. The van der Waals surface area contributed by atoms with E-state index in [0.717, 1.165) is 54.9 Å². The second-order valence-corrected chi connectivity index (χ2v) is 8.74. The lowest BCUT2D eigenvalue weighted by molar-refractivity contribution is 0.142. The normalized spacial score (nSPS) is 17.5. The minimum atomic E-state index is -0.105. The van der Waals surface area contributed by atoms with E-state index in [4.69, 9.17) is 14.5 Å². The third-order valence-corrected chi connectivity index (χ3v) is 6.34. The van der Waals surface area contributed by atoms with Crippen molar-refractivity contribution in [2.75, 3.05) is 26.9 Å². The molecule has 34 heavy (non-hydrogen) atoms. The SMILES string of the molecule is Cc1nc(C2CCCCCN2C(=O)N(C)CCc2ccc3c(c2)OCO3)cc(-n2cncn2)n1. The second kappa shape index (κ2) is 9.66. The number of aromatic nitrogens is 5. The summed E-state index contributed by atoms with van der Waals surface area (Å²) >= 11 is 0. The Morgan fingerprint density at radius 3 is 2.88 bits per heavy atom. The lowest BCUT2D eigenvalue weighted by atomic mass is 10.1. The third-order valence-electron chi connectivity index (χ3n) is 6.34. The Hall–Kier alpha value is -3.69. The van der Waals surface area contributed by atoms with Crippen LogP contribution in [0.3, 0.4) is 0 Å². The van der Waals surface area contributed by atoms with Crippen LogP contribution in [0.4, 0.5) is 4.79 Å². The molecule has 0 bridgehead atoms. The number of fused-ring (bicyclic) bond motifs is 1. The highest BCUT2D eigenvalue weighted by molar-refractivity contribution is 5.74. The summed E-state index contributed by atoms with van der Waals surface area (Å²) in [7, 11) is 1.86. The molecule has 2 amide bonds. The molecule has 1 unspecified atom stereocenters. The molecule has 178 valence electrons. The lowest BCUT2D eigenvalue weighted by Crippen LogP contribution is -2.44. The standard InChI is InChI=1S/C24H29N7O3/c1-17-27-19(13-23(28-17)31-15-25-14-26-31)20-6-4-3-5-10-30(20)24(32)29(2)11-9-18-7-8-21-22(12-18)34-16-33-21/h7-8,12-15,20H,3-6,9-11,16H2,1-2H3. The lowest BCUT2D eigenvalue weighted by Gasteiger charge is -2.33. The maximum absolute atomic E-state index is 13.6. The van der Waals surface area contributed by atoms with E-state index in [-0.39, 0.29) is 18.9 Å². The summed E-state index contributed by atoms with van der Waals surface area (Å²) in [5.74, 6) is 2.84. The summed E-state index contributed by atoms with van der Waals surface area (Å²) in [4.78, 5) is 30.6. The number of aryl methyl sites for hydroxylation is 1. The van der Waals surface area contributed by atoms with E-state index in [9.17, 15) is 4.79 Å². The molecule has 1 atom stereocenters. The number of carbonyl (C=O) groups excluding carboxylic acids is 1. The molecule has 0 N–H and O–H groups in total. The number of amides is 2. The van der Waals surface area contributed by atoms with Crippen molar-refractivity contribution < 1.29 is 14.3 Å². The van der Waals surface area contributed by atoms with Crippen LogP contribution in [-0.4, -0.2) is 67.5 Å². The number of nitrogens with zero attached hydrogens (tertiary/aromatic N) is 7. The molecular weight excluding hydrogens is 434 g/mol. The van der Waals surface area contributed by atoms with Gasteiger partial charge in [0.05, 0.1) is 11.7 Å². The van der Waals surface area contributed by atoms with Gasteiger partial charge in [0.2, 0.25) is 6.79 Å². The highest BCUT2D eigenvalue weighted by Gasteiger charge is 2.30.